The van der Waals surface area contributed by atoms with Crippen LogP contribution in [-0.2, 0) is 4.74 Å². The molecule has 2 aliphatic rings. The summed E-state index contributed by atoms with van der Waals surface area (Å²) in [6, 6.07) is 5.95. The third-order valence-corrected chi connectivity index (χ3v) is 4.23. The highest BCUT2D eigenvalue weighted by atomic mass is 16.6. The van der Waals surface area contributed by atoms with Crippen LogP contribution in [0.2, 0.25) is 0 Å². The van der Waals surface area contributed by atoms with Gasteiger partial charge in [-0.05, 0) is 31.5 Å². The zero-order valence-corrected chi connectivity index (χ0v) is 12.8. The Balaban J connectivity index is 1.71. The topological polar surface area (TPSA) is 57.0 Å². The van der Waals surface area contributed by atoms with Crippen molar-refractivity contribution in [1.82, 2.24) is 4.90 Å². The lowest BCUT2D eigenvalue weighted by Gasteiger charge is -2.43. The van der Waals surface area contributed by atoms with Crippen molar-refractivity contribution < 1.29 is 14.2 Å². The highest BCUT2D eigenvalue weighted by Crippen LogP contribution is 2.33. The summed E-state index contributed by atoms with van der Waals surface area (Å²) in [5.74, 6) is 1.61. The van der Waals surface area contributed by atoms with Crippen LogP contribution in [0.1, 0.15) is 25.5 Å². The molecule has 1 aromatic carbocycles. The maximum absolute atomic E-state index is 6.40. The van der Waals surface area contributed by atoms with Crippen LogP contribution in [0.15, 0.2) is 18.2 Å². The number of ether oxygens (including phenoxy) is 3. The predicted octanol–water partition coefficient (Wildman–Crippen LogP) is 1.57. The van der Waals surface area contributed by atoms with E-state index in [-0.39, 0.29) is 11.6 Å². The number of nitrogens with two attached hydrogens (primary N) is 1. The van der Waals surface area contributed by atoms with Crippen molar-refractivity contribution in [2.24, 2.45) is 5.73 Å². The van der Waals surface area contributed by atoms with Gasteiger partial charge in [0.15, 0.2) is 11.5 Å². The summed E-state index contributed by atoms with van der Waals surface area (Å²) in [5.41, 5.74) is 7.52. The average Bonchev–Trinajstić information content (AvgIpc) is 2.48. The molecular weight excluding hydrogens is 268 g/mol. The molecule has 2 heterocycles. The van der Waals surface area contributed by atoms with Gasteiger partial charge in [0, 0.05) is 24.7 Å². The number of nitrogens with zero attached hydrogens (tertiary/aromatic N) is 1. The van der Waals surface area contributed by atoms with E-state index in [1.54, 1.807) is 0 Å². The number of hydrogen-bond acceptors (Lipinski definition) is 5. The Morgan fingerprint density at radius 2 is 1.95 bits per heavy atom. The summed E-state index contributed by atoms with van der Waals surface area (Å²) in [6.45, 7) is 8.87. The molecule has 0 amide bonds. The average molecular weight is 292 g/mol. The molecule has 2 aliphatic heterocycles. The number of fused-ring (bicyclic) bond motifs is 1. The fourth-order valence-electron chi connectivity index (χ4n) is 2.86. The predicted molar refractivity (Wildman–Crippen MR) is 80.8 cm³/mol. The molecule has 1 fully saturated rings. The van der Waals surface area contributed by atoms with Crippen molar-refractivity contribution >= 4 is 0 Å². The van der Waals surface area contributed by atoms with Crippen molar-refractivity contribution in [3.8, 4) is 11.5 Å². The van der Waals surface area contributed by atoms with Gasteiger partial charge in [-0.1, -0.05) is 6.07 Å². The molecule has 0 spiro atoms. The van der Waals surface area contributed by atoms with Crippen LogP contribution >= 0.6 is 0 Å². The maximum atomic E-state index is 6.40. The molecule has 21 heavy (non-hydrogen) atoms. The molecule has 3 rings (SSSR count). The first-order valence-electron chi connectivity index (χ1n) is 7.54. The van der Waals surface area contributed by atoms with Gasteiger partial charge in [-0.25, -0.2) is 0 Å². The molecule has 0 saturated carbocycles. The van der Waals surface area contributed by atoms with Gasteiger partial charge >= 0.3 is 0 Å². The van der Waals surface area contributed by atoms with Crippen molar-refractivity contribution in [3.63, 3.8) is 0 Å². The lowest BCUT2D eigenvalue weighted by atomic mass is 9.99. The standard InChI is InChI=1S/C16H24N2O3/c1-16(2)11-19-6-5-18(16)10-13(17)12-3-4-14-15(9-12)21-8-7-20-14/h3-4,9,13H,5-8,10-11,17H2,1-2H3. The second-order valence-electron chi connectivity index (χ2n) is 6.32. The highest BCUT2D eigenvalue weighted by Gasteiger charge is 2.31. The summed E-state index contributed by atoms with van der Waals surface area (Å²) in [6.07, 6.45) is 0. The molecule has 0 aromatic heterocycles. The number of rotatable bonds is 3. The quantitative estimate of drug-likeness (QED) is 0.916. The van der Waals surface area contributed by atoms with Crippen LogP contribution in [0, 0.1) is 0 Å². The van der Waals surface area contributed by atoms with Gasteiger partial charge in [0.25, 0.3) is 0 Å². The smallest absolute Gasteiger partial charge is 0.161 e. The van der Waals surface area contributed by atoms with Gasteiger partial charge in [-0.15, -0.1) is 0 Å². The largest absolute Gasteiger partial charge is 0.486 e. The van der Waals surface area contributed by atoms with E-state index in [1.807, 2.05) is 18.2 Å². The molecule has 1 aromatic rings. The number of hydrogen-bond donors (Lipinski definition) is 1. The van der Waals surface area contributed by atoms with Crippen LogP contribution in [0.4, 0.5) is 0 Å². The lowest BCUT2D eigenvalue weighted by molar-refractivity contribution is -0.0531. The molecule has 5 nitrogen and oxygen atoms in total. The number of morpholine rings is 1. The fraction of sp³-hybridized carbons (Fsp3) is 0.625. The van der Waals surface area contributed by atoms with Crippen molar-refractivity contribution in [3.05, 3.63) is 23.8 Å². The Kier molecular flexibility index (Phi) is 4.06. The van der Waals surface area contributed by atoms with Crippen molar-refractivity contribution in [1.29, 1.82) is 0 Å². The molecule has 0 bridgehead atoms. The van der Waals surface area contributed by atoms with Crippen LogP contribution < -0.4 is 15.2 Å². The molecule has 0 radical (unpaired) electrons. The summed E-state index contributed by atoms with van der Waals surface area (Å²) in [7, 11) is 0. The summed E-state index contributed by atoms with van der Waals surface area (Å²) in [5, 5.41) is 0. The van der Waals surface area contributed by atoms with Gasteiger partial charge < -0.3 is 19.9 Å². The van der Waals surface area contributed by atoms with E-state index in [0.717, 1.165) is 43.4 Å². The Morgan fingerprint density at radius 1 is 1.19 bits per heavy atom. The fourth-order valence-corrected chi connectivity index (χ4v) is 2.86. The van der Waals surface area contributed by atoms with Crippen LogP contribution in [0.3, 0.4) is 0 Å². The molecular formula is C16H24N2O3. The minimum absolute atomic E-state index is 0.0314. The second kappa shape index (κ2) is 5.83. The zero-order chi connectivity index (χ0) is 14.9. The van der Waals surface area contributed by atoms with Crippen LogP contribution in [0.25, 0.3) is 0 Å². The maximum Gasteiger partial charge on any atom is 0.161 e. The van der Waals surface area contributed by atoms with E-state index in [2.05, 4.69) is 18.7 Å². The normalized spacial score (nSPS) is 22.8. The molecule has 1 unspecified atom stereocenters. The van der Waals surface area contributed by atoms with E-state index >= 15 is 0 Å². The van der Waals surface area contributed by atoms with Crippen molar-refractivity contribution in [2.75, 3.05) is 39.5 Å². The molecule has 2 N–H and O–H groups in total. The van der Waals surface area contributed by atoms with E-state index in [4.69, 9.17) is 19.9 Å². The molecule has 1 saturated heterocycles. The Bertz CT molecular complexity index is 504. The van der Waals surface area contributed by atoms with Gasteiger partial charge in [0.2, 0.25) is 0 Å². The number of benzene rings is 1. The van der Waals surface area contributed by atoms with E-state index < -0.39 is 0 Å². The first kappa shape index (κ1) is 14.6. The molecule has 1 atom stereocenters. The summed E-state index contributed by atoms with van der Waals surface area (Å²) in [4.78, 5) is 2.40. The monoisotopic (exact) mass is 292 g/mol. The van der Waals surface area contributed by atoms with Gasteiger partial charge in [0.05, 0.1) is 13.2 Å². The third kappa shape index (κ3) is 3.15. The Labute approximate surface area is 126 Å². The SMILES string of the molecule is CC1(C)COCCN1CC(N)c1ccc2c(c1)OCCO2. The highest BCUT2D eigenvalue weighted by molar-refractivity contribution is 5.44. The summed E-state index contributed by atoms with van der Waals surface area (Å²) >= 11 is 0. The first-order valence-corrected chi connectivity index (χ1v) is 7.54. The van der Waals surface area contributed by atoms with E-state index in [0.29, 0.717) is 13.2 Å². The van der Waals surface area contributed by atoms with E-state index in [1.165, 1.54) is 0 Å². The lowest BCUT2D eigenvalue weighted by Crippen LogP contribution is -2.54. The van der Waals surface area contributed by atoms with Gasteiger partial charge in [-0.2, -0.15) is 0 Å². The van der Waals surface area contributed by atoms with E-state index in [9.17, 15) is 0 Å². The van der Waals surface area contributed by atoms with Crippen LogP contribution in [0.5, 0.6) is 11.5 Å². The minimum atomic E-state index is -0.0433. The van der Waals surface area contributed by atoms with Crippen LogP contribution in [-0.4, -0.2) is 50.0 Å². The Hall–Kier alpha value is -1.30. The second-order valence-corrected chi connectivity index (χ2v) is 6.32. The minimum Gasteiger partial charge on any atom is -0.486 e. The van der Waals surface area contributed by atoms with Gasteiger partial charge in [-0.3, -0.25) is 4.90 Å². The molecule has 0 aliphatic carbocycles. The molecule has 116 valence electrons. The molecule has 5 heteroatoms. The zero-order valence-electron chi connectivity index (χ0n) is 12.8. The third-order valence-electron chi connectivity index (χ3n) is 4.23. The summed E-state index contributed by atoms with van der Waals surface area (Å²) < 4.78 is 16.7. The van der Waals surface area contributed by atoms with Gasteiger partial charge in [0.1, 0.15) is 13.2 Å². The van der Waals surface area contributed by atoms with Crippen molar-refractivity contribution in [2.45, 2.75) is 25.4 Å². The first-order chi connectivity index (χ1) is 10.1. The Morgan fingerprint density at radius 3 is 2.71 bits per heavy atom.